The molecule has 0 fully saturated rings. The minimum atomic E-state index is -0.663. The second-order valence-electron chi connectivity index (χ2n) is 7.66. The van der Waals surface area contributed by atoms with Gasteiger partial charge in [-0.05, 0) is 60.0 Å². The number of aryl methyl sites for hydroxylation is 1. The number of amides is 2. The maximum Gasteiger partial charge on any atom is 0.306 e. The monoisotopic (exact) mass is 467 g/mol. The van der Waals surface area contributed by atoms with Gasteiger partial charge in [-0.2, -0.15) is 5.26 Å². The van der Waals surface area contributed by atoms with E-state index in [9.17, 15) is 14.7 Å². The van der Waals surface area contributed by atoms with Gasteiger partial charge < -0.3 is 14.3 Å². The molecule has 4 aromatic rings. The summed E-state index contributed by atoms with van der Waals surface area (Å²) in [6.07, 6.45) is 1.38. The summed E-state index contributed by atoms with van der Waals surface area (Å²) in [6.45, 7) is 2.43. The zero-order valence-electron chi connectivity index (χ0n) is 18.7. The lowest BCUT2D eigenvalue weighted by atomic mass is 10.1. The average Bonchev–Trinajstić information content (AvgIpc) is 3.37. The molecule has 0 radical (unpaired) electrons. The Kier molecular flexibility index (Phi) is 6.79. The van der Waals surface area contributed by atoms with E-state index in [-0.39, 0.29) is 22.6 Å². The Labute approximate surface area is 201 Å². The van der Waals surface area contributed by atoms with Crippen LogP contribution in [0.15, 0.2) is 83.5 Å². The Hall–Kier alpha value is -5.03. The number of nitrogens with zero attached hydrogens (tertiary/aromatic N) is 1. The number of aromatic hydroxyl groups is 1. The van der Waals surface area contributed by atoms with Gasteiger partial charge in [-0.3, -0.25) is 20.4 Å². The van der Waals surface area contributed by atoms with Gasteiger partial charge in [-0.25, -0.2) is 0 Å². The Balaban J connectivity index is 1.44. The van der Waals surface area contributed by atoms with Crippen molar-refractivity contribution in [1.29, 1.82) is 5.26 Å². The smallest absolute Gasteiger partial charge is 0.306 e. The van der Waals surface area contributed by atoms with Crippen molar-refractivity contribution >= 4 is 11.8 Å². The summed E-state index contributed by atoms with van der Waals surface area (Å²) in [4.78, 5) is 25.0. The van der Waals surface area contributed by atoms with E-state index >= 15 is 0 Å². The number of ether oxygens (including phenoxy) is 1. The van der Waals surface area contributed by atoms with E-state index < -0.39 is 11.8 Å². The quantitative estimate of drug-likeness (QED) is 0.359. The second kappa shape index (κ2) is 10.3. The molecule has 174 valence electrons. The zero-order chi connectivity index (χ0) is 24.8. The molecule has 0 bridgehead atoms. The normalized spacial score (nSPS) is 10.3. The fourth-order valence-corrected chi connectivity index (χ4v) is 3.41. The number of hydrazine groups is 1. The van der Waals surface area contributed by atoms with E-state index in [1.807, 2.05) is 49.4 Å². The van der Waals surface area contributed by atoms with Crippen molar-refractivity contribution < 1.29 is 23.8 Å². The number of carbonyl (C=O) groups is 2. The van der Waals surface area contributed by atoms with Crippen molar-refractivity contribution in [2.24, 2.45) is 0 Å². The van der Waals surface area contributed by atoms with E-state index in [0.29, 0.717) is 23.5 Å². The van der Waals surface area contributed by atoms with Crippen LogP contribution < -0.4 is 15.6 Å². The fraction of sp³-hybridized carbons (Fsp3) is 0.0741. The van der Waals surface area contributed by atoms with Crippen LogP contribution in [0.1, 0.15) is 37.6 Å². The van der Waals surface area contributed by atoms with Crippen LogP contribution in [0.5, 0.6) is 11.5 Å². The number of carbonyl (C=O) groups excluding carboxylic acids is 2. The summed E-state index contributed by atoms with van der Waals surface area (Å²) in [7, 11) is 0. The molecule has 0 unspecified atom stereocenters. The Morgan fingerprint density at radius 2 is 1.80 bits per heavy atom. The lowest BCUT2D eigenvalue weighted by Crippen LogP contribution is -2.41. The molecule has 3 aromatic carbocycles. The molecule has 8 nitrogen and oxygen atoms in total. The Bertz CT molecular complexity index is 1430. The third-order valence-electron chi connectivity index (χ3n) is 5.34. The first-order valence-corrected chi connectivity index (χ1v) is 10.7. The van der Waals surface area contributed by atoms with Crippen LogP contribution in [0.4, 0.5) is 0 Å². The van der Waals surface area contributed by atoms with Crippen LogP contribution in [0.2, 0.25) is 0 Å². The summed E-state index contributed by atoms with van der Waals surface area (Å²) in [6, 6.07) is 22.4. The molecule has 0 saturated heterocycles. The molecular formula is C27H21N3O5. The van der Waals surface area contributed by atoms with Gasteiger partial charge >= 0.3 is 5.91 Å². The number of hydrogen-bond donors (Lipinski definition) is 3. The highest BCUT2D eigenvalue weighted by molar-refractivity contribution is 6.01. The number of hydrogen-bond acceptors (Lipinski definition) is 6. The molecule has 0 aliphatic carbocycles. The van der Waals surface area contributed by atoms with Crippen LogP contribution >= 0.6 is 0 Å². The maximum atomic E-state index is 12.7. The highest BCUT2D eigenvalue weighted by Crippen LogP contribution is 2.28. The molecule has 35 heavy (non-hydrogen) atoms. The van der Waals surface area contributed by atoms with E-state index in [4.69, 9.17) is 14.4 Å². The minimum Gasteiger partial charge on any atom is -0.507 e. The summed E-state index contributed by atoms with van der Waals surface area (Å²) in [5.41, 5.74) is 8.06. The van der Waals surface area contributed by atoms with E-state index in [1.54, 1.807) is 18.2 Å². The van der Waals surface area contributed by atoms with Gasteiger partial charge in [0, 0.05) is 11.1 Å². The first kappa shape index (κ1) is 23.1. The zero-order valence-corrected chi connectivity index (χ0v) is 18.7. The van der Waals surface area contributed by atoms with Crippen LogP contribution in [-0.4, -0.2) is 16.9 Å². The van der Waals surface area contributed by atoms with Crippen molar-refractivity contribution in [3.8, 4) is 28.7 Å². The first-order chi connectivity index (χ1) is 17.0. The molecule has 3 N–H and O–H groups in total. The number of nitrogens with one attached hydrogen (secondary N) is 2. The van der Waals surface area contributed by atoms with Crippen molar-refractivity contribution in [3.63, 3.8) is 0 Å². The summed E-state index contributed by atoms with van der Waals surface area (Å²) < 4.78 is 11.3. The predicted molar refractivity (Wildman–Crippen MR) is 127 cm³/mol. The summed E-state index contributed by atoms with van der Waals surface area (Å²) in [5, 5.41) is 18.6. The molecule has 0 aliphatic heterocycles. The standard InChI is InChI=1S/C27H21N3O5/c1-17-5-2-3-6-20(17)16-35-22-8-4-7-18(14-22)23-11-12-34-25(23)27(33)30-29-26(32)19-9-10-24(31)21(13-19)15-28/h2-14,31H,16H2,1H3,(H,29,32)(H,30,33). The molecule has 2 amide bonds. The highest BCUT2D eigenvalue weighted by Gasteiger charge is 2.18. The first-order valence-electron chi connectivity index (χ1n) is 10.7. The van der Waals surface area contributed by atoms with Crippen LogP contribution in [0.3, 0.4) is 0 Å². The minimum absolute atomic E-state index is 0.00442. The third-order valence-corrected chi connectivity index (χ3v) is 5.34. The third kappa shape index (κ3) is 5.31. The Morgan fingerprint density at radius 3 is 2.60 bits per heavy atom. The van der Waals surface area contributed by atoms with Crippen molar-refractivity contribution in [3.05, 3.63) is 107 Å². The predicted octanol–water partition coefficient (Wildman–Crippen LogP) is 4.49. The maximum absolute atomic E-state index is 12.7. The number of benzene rings is 3. The SMILES string of the molecule is Cc1ccccc1COc1cccc(-c2ccoc2C(=O)NNC(=O)c2ccc(O)c(C#N)c2)c1. The molecule has 1 aromatic heterocycles. The van der Waals surface area contributed by atoms with Gasteiger partial charge in [0.2, 0.25) is 5.76 Å². The highest BCUT2D eigenvalue weighted by atomic mass is 16.5. The molecular weight excluding hydrogens is 446 g/mol. The molecule has 1 heterocycles. The fourth-order valence-electron chi connectivity index (χ4n) is 3.41. The van der Waals surface area contributed by atoms with Gasteiger partial charge in [0.25, 0.3) is 5.91 Å². The second-order valence-corrected chi connectivity index (χ2v) is 7.66. The largest absolute Gasteiger partial charge is 0.507 e. The van der Waals surface area contributed by atoms with Gasteiger partial charge in [0.15, 0.2) is 0 Å². The number of phenols is 1. The van der Waals surface area contributed by atoms with Gasteiger partial charge in [0.1, 0.15) is 24.2 Å². The summed E-state index contributed by atoms with van der Waals surface area (Å²) >= 11 is 0. The molecule has 0 aliphatic rings. The lowest BCUT2D eigenvalue weighted by molar-refractivity contribution is 0.0831. The molecule has 0 atom stereocenters. The molecule has 0 saturated carbocycles. The van der Waals surface area contributed by atoms with Gasteiger partial charge in [-0.1, -0.05) is 36.4 Å². The number of rotatable bonds is 6. The number of nitriles is 1. The number of furan rings is 1. The van der Waals surface area contributed by atoms with E-state index in [2.05, 4.69) is 10.9 Å². The van der Waals surface area contributed by atoms with Crippen molar-refractivity contribution in [2.45, 2.75) is 13.5 Å². The van der Waals surface area contributed by atoms with E-state index in [1.165, 1.54) is 24.5 Å². The number of phenolic OH excluding ortho intramolecular Hbond substituents is 1. The van der Waals surface area contributed by atoms with Crippen LogP contribution in [-0.2, 0) is 6.61 Å². The molecule has 0 spiro atoms. The molecule has 4 rings (SSSR count). The molecule has 8 heteroatoms. The lowest BCUT2D eigenvalue weighted by Gasteiger charge is -2.10. The average molecular weight is 467 g/mol. The van der Waals surface area contributed by atoms with E-state index in [0.717, 1.165) is 11.1 Å². The van der Waals surface area contributed by atoms with Crippen molar-refractivity contribution in [1.82, 2.24) is 10.9 Å². The topological polar surface area (TPSA) is 125 Å². The van der Waals surface area contributed by atoms with Gasteiger partial charge in [0.05, 0.1) is 11.8 Å². The van der Waals surface area contributed by atoms with Gasteiger partial charge in [-0.15, -0.1) is 0 Å². The summed E-state index contributed by atoms with van der Waals surface area (Å²) in [5.74, 6) is -0.922. The van der Waals surface area contributed by atoms with Crippen LogP contribution in [0.25, 0.3) is 11.1 Å². The van der Waals surface area contributed by atoms with Crippen LogP contribution in [0, 0.1) is 18.3 Å². The Morgan fingerprint density at radius 1 is 1.00 bits per heavy atom. The van der Waals surface area contributed by atoms with Crippen molar-refractivity contribution in [2.75, 3.05) is 0 Å².